The van der Waals surface area contributed by atoms with Gasteiger partial charge in [0, 0.05) is 25.7 Å². The fraction of sp³-hybridized carbons (Fsp3) is 0.429. The number of benzene rings is 1. The minimum atomic E-state index is -1.11. The average molecular weight is 296 g/mol. The maximum atomic E-state index is 13.8. The maximum absolute atomic E-state index is 13.8. The highest BCUT2D eigenvalue weighted by molar-refractivity contribution is 5.87. The summed E-state index contributed by atoms with van der Waals surface area (Å²) in [5.41, 5.74) is 0.279. The Bertz CT molecular complexity index is 550. The van der Waals surface area contributed by atoms with Crippen LogP contribution in [0, 0.1) is 5.82 Å². The number of carbonyl (C=O) groups is 2. The molecule has 0 bridgehead atoms. The van der Waals surface area contributed by atoms with Crippen molar-refractivity contribution in [3.8, 4) is 0 Å². The summed E-state index contributed by atoms with van der Waals surface area (Å²) >= 11 is 0. The quantitative estimate of drug-likeness (QED) is 0.844. The standard InChI is InChI=1S/C14H17FN2O4/c1-16-13(18)12-8-21-5-4-17(12)7-10-6-9(14(19)20)2-3-11(10)15/h2-3,6,12H,4-5,7-8H2,1H3,(H,16,18)(H,19,20). The van der Waals surface area contributed by atoms with Crippen molar-refractivity contribution in [3.63, 3.8) is 0 Å². The van der Waals surface area contributed by atoms with Crippen LogP contribution < -0.4 is 5.32 Å². The van der Waals surface area contributed by atoms with Crippen LogP contribution in [0.1, 0.15) is 15.9 Å². The highest BCUT2D eigenvalue weighted by Crippen LogP contribution is 2.17. The van der Waals surface area contributed by atoms with E-state index in [1.54, 1.807) is 4.90 Å². The van der Waals surface area contributed by atoms with Crippen LogP contribution in [0.4, 0.5) is 4.39 Å². The van der Waals surface area contributed by atoms with E-state index in [0.29, 0.717) is 13.2 Å². The number of morpholine rings is 1. The average Bonchev–Trinajstić information content (AvgIpc) is 2.49. The molecule has 1 aliphatic rings. The summed E-state index contributed by atoms with van der Waals surface area (Å²) < 4.78 is 19.1. The number of carbonyl (C=O) groups excluding carboxylic acids is 1. The molecule has 1 amide bonds. The zero-order valence-electron chi connectivity index (χ0n) is 11.6. The first-order valence-electron chi connectivity index (χ1n) is 6.58. The number of carboxylic acid groups (broad SMARTS) is 1. The van der Waals surface area contributed by atoms with Gasteiger partial charge in [-0.25, -0.2) is 9.18 Å². The molecular weight excluding hydrogens is 279 g/mol. The zero-order chi connectivity index (χ0) is 15.4. The SMILES string of the molecule is CNC(=O)C1COCCN1Cc1cc(C(=O)O)ccc1F. The molecule has 1 aliphatic heterocycles. The molecule has 2 rings (SSSR count). The minimum Gasteiger partial charge on any atom is -0.478 e. The van der Waals surface area contributed by atoms with Gasteiger partial charge >= 0.3 is 5.97 Å². The molecule has 6 nitrogen and oxygen atoms in total. The van der Waals surface area contributed by atoms with E-state index in [4.69, 9.17) is 9.84 Å². The van der Waals surface area contributed by atoms with E-state index in [2.05, 4.69) is 5.32 Å². The van der Waals surface area contributed by atoms with Gasteiger partial charge in [0.2, 0.25) is 5.91 Å². The molecule has 0 saturated carbocycles. The highest BCUT2D eigenvalue weighted by Gasteiger charge is 2.29. The van der Waals surface area contributed by atoms with Crippen molar-refractivity contribution in [2.24, 2.45) is 0 Å². The molecule has 2 N–H and O–H groups in total. The van der Waals surface area contributed by atoms with E-state index in [-0.39, 0.29) is 30.2 Å². The molecule has 1 aromatic rings. The summed E-state index contributed by atoms with van der Waals surface area (Å²) in [5, 5.41) is 11.5. The molecule has 21 heavy (non-hydrogen) atoms. The van der Waals surface area contributed by atoms with E-state index >= 15 is 0 Å². The van der Waals surface area contributed by atoms with Crippen molar-refractivity contribution in [1.29, 1.82) is 0 Å². The number of nitrogens with zero attached hydrogens (tertiary/aromatic N) is 1. The van der Waals surface area contributed by atoms with Gasteiger partial charge in [0.1, 0.15) is 11.9 Å². The third kappa shape index (κ3) is 3.56. The van der Waals surface area contributed by atoms with Gasteiger partial charge in [0.25, 0.3) is 0 Å². The predicted octanol–water partition coefficient (Wildman–Crippen LogP) is 0.471. The smallest absolute Gasteiger partial charge is 0.335 e. The van der Waals surface area contributed by atoms with Gasteiger partial charge in [0.05, 0.1) is 18.8 Å². The second-order valence-electron chi connectivity index (χ2n) is 4.79. The zero-order valence-corrected chi connectivity index (χ0v) is 11.6. The lowest BCUT2D eigenvalue weighted by atomic mass is 10.1. The van der Waals surface area contributed by atoms with E-state index in [1.807, 2.05) is 0 Å². The van der Waals surface area contributed by atoms with E-state index in [1.165, 1.54) is 19.2 Å². The molecule has 1 fully saturated rings. The van der Waals surface area contributed by atoms with Gasteiger partial charge in [-0.15, -0.1) is 0 Å². The monoisotopic (exact) mass is 296 g/mol. The lowest BCUT2D eigenvalue weighted by molar-refractivity contribution is -0.132. The molecule has 1 heterocycles. The molecule has 1 saturated heterocycles. The Labute approximate surface area is 121 Å². The second-order valence-corrected chi connectivity index (χ2v) is 4.79. The fourth-order valence-corrected chi connectivity index (χ4v) is 2.28. The molecule has 7 heteroatoms. The number of hydrogen-bond acceptors (Lipinski definition) is 4. The van der Waals surface area contributed by atoms with Crippen molar-refractivity contribution in [3.05, 3.63) is 35.1 Å². The number of aromatic carboxylic acids is 1. The van der Waals surface area contributed by atoms with Gasteiger partial charge in [-0.05, 0) is 18.2 Å². The number of rotatable bonds is 4. The summed E-state index contributed by atoms with van der Waals surface area (Å²) in [6.07, 6.45) is 0. The lowest BCUT2D eigenvalue weighted by Gasteiger charge is -2.34. The minimum absolute atomic E-state index is 0.0242. The van der Waals surface area contributed by atoms with Crippen LogP contribution in [0.3, 0.4) is 0 Å². The third-order valence-corrected chi connectivity index (χ3v) is 3.45. The summed E-state index contributed by atoms with van der Waals surface area (Å²) in [4.78, 5) is 24.5. The van der Waals surface area contributed by atoms with Crippen molar-refractivity contribution >= 4 is 11.9 Å². The molecule has 1 atom stereocenters. The Kier molecular flexibility index (Phi) is 4.87. The summed E-state index contributed by atoms with van der Waals surface area (Å²) in [6.45, 7) is 1.33. The van der Waals surface area contributed by atoms with Crippen LogP contribution in [0.15, 0.2) is 18.2 Å². The van der Waals surface area contributed by atoms with Crippen molar-refractivity contribution in [2.75, 3.05) is 26.8 Å². The summed E-state index contributed by atoms with van der Waals surface area (Å²) in [7, 11) is 1.53. The number of amides is 1. The van der Waals surface area contributed by atoms with E-state index in [9.17, 15) is 14.0 Å². The molecule has 1 unspecified atom stereocenters. The molecule has 1 aromatic carbocycles. The van der Waals surface area contributed by atoms with Gasteiger partial charge in [-0.1, -0.05) is 0 Å². The third-order valence-electron chi connectivity index (χ3n) is 3.45. The topological polar surface area (TPSA) is 78.9 Å². The number of carboxylic acids is 1. The number of hydrogen-bond donors (Lipinski definition) is 2. The Balaban J connectivity index is 2.20. The summed E-state index contributed by atoms with van der Waals surface area (Å²) in [5.74, 6) is -1.80. The van der Waals surface area contributed by atoms with Crippen LogP contribution in [0.2, 0.25) is 0 Å². The lowest BCUT2D eigenvalue weighted by Crippen LogP contribution is -2.52. The Morgan fingerprint density at radius 1 is 1.52 bits per heavy atom. The number of halogens is 1. The van der Waals surface area contributed by atoms with E-state index < -0.39 is 17.8 Å². The molecule has 0 aliphatic carbocycles. The molecule has 114 valence electrons. The molecule has 0 aromatic heterocycles. The van der Waals surface area contributed by atoms with Gasteiger partial charge < -0.3 is 15.2 Å². The Hall–Kier alpha value is -1.99. The van der Waals surface area contributed by atoms with Crippen LogP contribution >= 0.6 is 0 Å². The second kappa shape index (κ2) is 6.64. The van der Waals surface area contributed by atoms with Gasteiger partial charge in [-0.3, -0.25) is 9.69 Å². The number of likely N-dealkylation sites (N-methyl/N-ethyl adjacent to an activating group) is 1. The molecule has 0 spiro atoms. The van der Waals surface area contributed by atoms with E-state index in [0.717, 1.165) is 6.07 Å². The van der Waals surface area contributed by atoms with Crippen LogP contribution in [-0.4, -0.2) is 54.7 Å². The number of nitrogens with one attached hydrogen (secondary N) is 1. The molecular formula is C14H17FN2O4. The Morgan fingerprint density at radius 3 is 2.95 bits per heavy atom. The fourth-order valence-electron chi connectivity index (χ4n) is 2.28. The first-order valence-corrected chi connectivity index (χ1v) is 6.58. The van der Waals surface area contributed by atoms with Crippen LogP contribution in [0.25, 0.3) is 0 Å². The van der Waals surface area contributed by atoms with Gasteiger partial charge in [0.15, 0.2) is 0 Å². The van der Waals surface area contributed by atoms with Gasteiger partial charge in [-0.2, -0.15) is 0 Å². The van der Waals surface area contributed by atoms with Crippen molar-refractivity contribution < 1.29 is 23.8 Å². The summed E-state index contributed by atoms with van der Waals surface area (Å²) in [6, 6.07) is 3.15. The number of ether oxygens (including phenoxy) is 1. The first kappa shape index (κ1) is 15.4. The highest BCUT2D eigenvalue weighted by atomic mass is 19.1. The largest absolute Gasteiger partial charge is 0.478 e. The van der Waals surface area contributed by atoms with Crippen molar-refractivity contribution in [2.45, 2.75) is 12.6 Å². The normalized spacial score (nSPS) is 19.2. The first-order chi connectivity index (χ1) is 10.0. The van der Waals surface area contributed by atoms with Crippen molar-refractivity contribution in [1.82, 2.24) is 10.2 Å². The maximum Gasteiger partial charge on any atom is 0.335 e. The van der Waals surface area contributed by atoms with Crippen LogP contribution in [0.5, 0.6) is 0 Å². The Morgan fingerprint density at radius 2 is 2.29 bits per heavy atom. The van der Waals surface area contributed by atoms with Crippen LogP contribution in [-0.2, 0) is 16.1 Å². The predicted molar refractivity (Wildman–Crippen MR) is 72.4 cm³/mol. The molecule has 0 radical (unpaired) electrons.